The Balaban J connectivity index is 1.64. The number of carbonyl (C=O) groups is 1. The van der Waals surface area contributed by atoms with Crippen LogP contribution in [0.15, 0.2) is 11.6 Å². The van der Waals surface area contributed by atoms with Crippen LogP contribution in [0.4, 0.5) is 0 Å². The highest BCUT2D eigenvalue weighted by atomic mass is 16.1. The molecule has 4 aliphatic rings. The minimum absolute atomic E-state index is 0.267. The van der Waals surface area contributed by atoms with Gasteiger partial charge in [0.05, 0.1) is 0 Å². The zero-order valence-corrected chi connectivity index (χ0v) is 14.0. The lowest BCUT2D eigenvalue weighted by Gasteiger charge is -2.59. The second kappa shape index (κ2) is 4.73. The van der Waals surface area contributed by atoms with Gasteiger partial charge >= 0.3 is 0 Å². The molecule has 0 radical (unpaired) electrons. The van der Waals surface area contributed by atoms with Crippen LogP contribution in [0.1, 0.15) is 65.2 Å². The Labute approximate surface area is 134 Å². The highest BCUT2D eigenvalue weighted by Crippen LogP contribution is 2.65. The van der Waals surface area contributed by atoms with E-state index in [4.69, 9.17) is 6.42 Å². The van der Waals surface area contributed by atoms with E-state index in [9.17, 15) is 4.79 Å². The van der Waals surface area contributed by atoms with Gasteiger partial charge in [0, 0.05) is 23.8 Å². The molecular formula is C21H28O. The fourth-order valence-corrected chi connectivity index (χ4v) is 6.84. The maximum atomic E-state index is 11.9. The summed E-state index contributed by atoms with van der Waals surface area (Å²) in [6, 6.07) is 0. The first-order valence-electron chi connectivity index (χ1n) is 9.18. The summed E-state index contributed by atoms with van der Waals surface area (Å²) in [6.07, 6.45) is 17.3. The fourth-order valence-electron chi connectivity index (χ4n) is 6.84. The van der Waals surface area contributed by atoms with Gasteiger partial charge in [0.1, 0.15) is 5.78 Å². The third kappa shape index (κ3) is 1.76. The molecule has 0 aromatic rings. The molecule has 4 rings (SSSR count). The van der Waals surface area contributed by atoms with Crippen molar-refractivity contribution in [3.63, 3.8) is 0 Å². The summed E-state index contributed by atoms with van der Waals surface area (Å²) in [5.41, 5.74) is 1.96. The van der Waals surface area contributed by atoms with Crippen molar-refractivity contribution in [1.82, 2.24) is 0 Å². The van der Waals surface area contributed by atoms with Crippen LogP contribution in [0.5, 0.6) is 0 Å². The lowest BCUT2D eigenvalue weighted by Crippen LogP contribution is -2.53. The average molecular weight is 296 g/mol. The number of hydrogen-bond donors (Lipinski definition) is 0. The Kier molecular flexibility index (Phi) is 3.13. The molecular weight excluding hydrogens is 268 g/mol. The van der Waals surface area contributed by atoms with Gasteiger partial charge in [-0.15, -0.1) is 6.42 Å². The van der Waals surface area contributed by atoms with Gasteiger partial charge in [0.25, 0.3) is 0 Å². The van der Waals surface area contributed by atoms with Crippen LogP contribution in [-0.4, -0.2) is 5.78 Å². The highest BCUT2D eigenvalue weighted by Gasteiger charge is 2.58. The van der Waals surface area contributed by atoms with Crippen LogP contribution in [0.3, 0.4) is 0 Å². The molecule has 0 heterocycles. The summed E-state index contributed by atoms with van der Waals surface area (Å²) >= 11 is 0. The lowest BCUT2D eigenvalue weighted by atomic mass is 9.45. The predicted octanol–water partition coefficient (Wildman–Crippen LogP) is 4.77. The van der Waals surface area contributed by atoms with Gasteiger partial charge in [-0.05, 0) is 67.6 Å². The molecule has 0 amide bonds. The van der Waals surface area contributed by atoms with E-state index in [1.165, 1.54) is 37.7 Å². The van der Waals surface area contributed by atoms with Gasteiger partial charge in [0.15, 0.2) is 0 Å². The van der Waals surface area contributed by atoms with Gasteiger partial charge in [0.2, 0.25) is 0 Å². The third-order valence-corrected chi connectivity index (χ3v) is 8.22. The minimum atomic E-state index is 0.267. The largest absolute Gasteiger partial charge is 0.300 e. The van der Waals surface area contributed by atoms with Crippen molar-refractivity contribution >= 4 is 5.78 Å². The van der Waals surface area contributed by atoms with Crippen molar-refractivity contribution in [2.45, 2.75) is 65.2 Å². The summed E-state index contributed by atoms with van der Waals surface area (Å²) in [5, 5.41) is 0. The molecule has 22 heavy (non-hydrogen) atoms. The molecule has 4 unspecified atom stereocenters. The molecule has 0 N–H and O–H groups in total. The predicted molar refractivity (Wildman–Crippen MR) is 89.0 cm³/mol. The number of rotatable bonds is 0. The first-order valence-corrected chi connectivity index (χ1v) is 9.18. The Bertz CT molecular complexity index is 579. The maximum absolute atomic E-state index is 11.9. The number of allylic oxidation sites excluding steroid dienone is 2. The van der Waals surface area contributed by atoms with Gasteiger partial charge in [-0.1, -0.05) is 25.8 Å². The van der Waals surface area contributed by atoms with Crippen molar-refractivity contribution in [1.29, 1.82) is 0 Å². The van der Waals surface area contributed by atoms with Crippen molar-refractivity contribution in [3.05, 3.63) is 11.6 Å². The van der Waals surface area contributed by atoms with Gasteiger partial charge in [-0.25, -0.2) is 0 Å². The smallest absolute Gasteiger partial charge is 0.133 e. The average Bonchev–Trinajstić information content (AvgIpc) is 2.84. The van der Waals surface area contributed by atoms with E-state index in [1.807, 2.05) is 0 Å². The summed E-state index contributed by atoms with van der Waals surface area (Å²) in [7, 11) is 0. The number of carbonyl (C=O) groups excluding carboxylic acids is 1. The zero-order chi connectivity index (χ0) is 15.5. The Morgan fingerprint density at radius 3 is 2.77 bits per heavy atom. The Hall–Kier alpha value is -1.03. The molecule has 3 fully saturated rings. The number of fused-ring (bicyclic) bond motifs is 5. The second-order valence-corrected chi connectivity index (χ2v) is 8.85. The molecule has 0 spiro atoms. The van der Waals surface area contributed by atoms with Crippen LogP contribution in [0.2, 0.25) is 0 Å². The molecule has 0 saturated heterocycles. The van der Waals surface area contributed by atoms with Crippen molar-refractivity contribution in [2.24, 2.45) is 34.5 Å². The molecule has 118 valence electrons. The van der Waals surface area contributed by atoms with E-state index in [0.717, 1.165) is 37.0 Å². The number of ketones is 1. The van der Waals surface area contributed by atoms with Crippen LogP contribution < -0.4 is 0 Å². The topological polar surface area (TPSA) is 17.1 Å². The van der Waals surface area contributed by atoms with Crippen molar-refractivity contribution in [3.8, 4) is 12.3 Å². The molecule has 1 nitrogen and oxygen atoms in total. The lowest BCUT2D eigenvalue weighted by molar-refractivity contribution is -0.136. The molecule has 0 aromatic heterocycles. The quantitative estimate of drug-likeness (QED) is 0.589. The number of hydrogen-bond acceptors (Lipinski definition) is 1. The molecule has 0 aromatic carbocycles. The second-order valence-electron chi connectivity index (χ2n) is 8.85. The molecule has 0 aliphatic heterocycles. The highest BCUT2D eigenvalue weighted by molar-refractivity contribution is 5.79. The fraction of sp³-hybridized carbons (Fsp3) is 0.762. The molecule has 3 saturated carbocycles. The first kappa shape index (κ1) is 14.6. The standard InChI is InChI=1S/C21H28O/c1-4-14-6-8-18-17-7-5-15-13-16(22)9-11-21(15,3)19(17)10-12-20(14,18)2/h1,6,15,17-19H,5,7-13H2,2-3H3/t15-,17?,18?,19?,20?,21-/m0/s1. The van der Waals surface area contributed by atoms with E-state index >= 15 is 0 Å². The monoisotopic (exact) mass is 296 g/mol. The normalized spacial score (nSPS) is 50.4. The van der Waals surface area contributed by atoms with E-state index in [-0.39, 0.29) is 5.41 Å². The van der Waals surface area contributed by atoms with Crippen LogP contribution in [-0.2, 0) is 4.79 Å². The molecule has 0 bridgehead atoms. The zero-order valence-electron chi connectivity index (χ0n) is 14.0. The number of Topliss-reactive ketones (excluding diaryl/α,β-unsaturated/α-hetero) is 1. The van der Waals surface area contributed by atoms with E-state index in [0.29, 0.717) is 17.1 Å². The van der Waals surface area contributed by atoms with Gasteiger partial charge in [-0.3, -0.25) is 4.79 Å². The summed E-state index contributed by atoms with van der Waals surface area (Å²) in [6.45, 7) is 4.93. The van der Waals surface area contributed by atoms with Gasteiger partial charge in [-0.2, -0.15) is 0 Å². The summed E-state index contributed by atoms with van der Waals surface area (Å²) in [4.78, 5) is 11.9. The van der Waals surface area contributed by atoms with Crippen molar-refractivity contribution in [2.75, 3.05) is 0 Å². The molecule has 6 atom stereocenters. The van der Waals surface area contributed by atoms with Crippen molar-refractivity contribution < 1.29 is 4.79 Å². The summed E-state index contributed by atoms with van der Waals surface area (Å²) < 4.78 is 0. The molecule has 4 aliphatic carbocycles. The Morgan fingerprint density at radius 1 is 1.18 bits per heavy atom. The van der Waals surface area contributed by atoms with E-state index in [1.54, 1.807) is 0 Å². The SMILES string of the molecule is C#CC1=CCC2C3CC[C@H]4CC(=O)CC[C@]4(C)C3CCC12C. The number of terminal acetylenes is 1. The maximum Gasteiger partial charge on any atom is 0.133 e. The minimum Gasteiger partial charge on any atom is -0.300 e. The summed E-state index contributed by atoms with van der Waals surface area (Å²) in [5.74, 6) is 6.56. The van der Waals surface area contributed by atoms with Crippen LogP contribution in [0, 0.1) is 46.8 Å². The first-order chi connectivity index (χ1) is 10.5. The van der Waals surface area contributed by atoms with E-state index in [2.05, 4.69) is 25.8 Å². The van der Waals surface area contributed by atoms with Gasteiger partial charge < -0.3 is 0 Å². The van der Waals surface area contributed by atoms with E-state index < -0.39 is 0 Å². The third-order valence-electron chi connectivity index (χ3n) is 8.22. The van der Waals surface area contributed by atoms with Crippen LogP contribution in [0.25, 0.3) is 0 Å². The molecule has 1 heteroatoms. The Morgan fingerprint density at radius 2 is 2.00 bits per heavy atom. The van der Waals surface area contributed by atoms with Crippen LogP contribution >= 0.6 is 0 Å².